The van der Waals surface area contributed by atoms with Crippen molar-refractivity contribution >= 4 is 10.0 Å². The lowest BCUT2D eigenvalue weighted by Gasteiger charge is -2.26. The molecule has 1 aliphatic rings. The maximum Gasteiger partial charge on any atom is 0.243 e. The van der Waals surface area contributed by atoms with Gasteiger partial charge in [0.15, 0.2) is 0 Å². The Kier molecular flexibility index (Phi) is 4.20. The Morgan fingerprint density at radius 1 is 1.16 bits per heavy atom. The summed E-state index contributed by atoms with van der Waals surface area (Å²) < 4.78 is 53.1. The topological polar surface area (TPSA) is 46.2 Å². The Bertz CT molecular complexity index is 552. The third-order valence-corrected chi connectivity index (χ3v) is 5.06. The van der Waals surface area contributed by atoms with Crippen molar-refractivity contribution in [2.75, 3.05) is 0 Å². The Labute approximate surface area is 112 Å². The fourth-order valence-corrected chi connectivity index (χ4v) is 3.74. The summed E-state index contributed by atoms with van der Waals surface area (Å²) in [7, 11) is -4.00. The van der Waals surface area contributed by atoms with E-state index < -0.39 is 26.6 Å². The van der Waals surface area contributed by atoms with Crippen molar-refractivity contribution in [2.24, 2.45) is 5.92 Å². The summed E-state index contributed by atoms with van der Waals surface area (Å²) in [5.74, 6) is -1.11. The molecule has 0 unspecified atom stereocenters. The molecule has 0 aliphatic heterocycles. The fraction of sp³-hybridized carbons (Fsp3) is 0.538. The van der Waals surface area contributed by atoms with Gasteiger partial charge in [0.1, 0.15) is 16.5 Å². The molecular formula is C13H17F2NO2S. The van der Waals surface area contributed by atoms with E-state index in [0.717, 1.165) is 37.8 Å². The smallest absolute Gasteiger partial charge is 0.208 e. The van der Waals surface area contributed by atoms with Crippen LogP contribution in [0.2, 0.25) is 0 Å². The van der Waals surface area contributed by atoms with Gasteiger partial charge in [0, 0.05) is 6.04 Å². The molecule has 6 heteroatoms. The summed E-state index contributed by atoms with van der Waals surface area (Å²) >= 11 is 0. The largest absolute Gasteiger partial charge is 0.243 e. The molecule has 0 atom stereocenters. The lowest BCUT2D eigenvalue weighted by atomic mass is 9.88. The van der Waals surface area contributed by atoms with Crippen LogP contribution in [0.3, 0.4) is 0 Å². The summed E-state index contributed by atoms with van der Waals surface area (Å²) in [6.07, 6.45) is 3.35. The quantitative estimate of drug-likeness (QED) is 0.930. The van der Waals surface area contributed by atoms with Crippen LogP contribution in [0.25, 0.3) is 0 Å². The third-order valence-electron chi connectivity index (χ3n) is 3.52. The van der Waals surface area contributed by atoms with E-state index in [-0.39, 0.29) is 6.04 Å². The van der Waals surface area contributed by atoms with E-state index in [1.54, 1.807) is 0 Å². The van der Waals surface area contributed by atoms with E-state index in [1.807, 2.05) is 0 Å². The first kappa shape index (κ1) is 14.4. The van der Waals surface area contributed by atoms with Gasteiger partial charge in [0.2, 0.25) is 10.0 Å². The monoisotopic (exact) mass is 289 g/mol. The molecule has 0 spiro atoms. The number of nitrogens with one attached hydrogen (secondary N) is 1. The first-order valence-corrected chi connectivity index (χ1v) is 7.84. The molecule has 0 aromatic heterocycles. The van der Waals surface area contributed by atoms with Crippen molar-refractivity contribution in [1.82, 2.24) is 4.72 Å². The lowest BCUT2D eigenvalue weighted by molar-refractivity contribution is 0.332. The molecule has 1 saturated carbocycles. The van der Waals surface area contributed by atoms with Gasteiger partial charge in [-0.1, -0.05) is 6.92 Å². The van der Waals surface area contributed by atoms with Crippen LogP contribution < -0.4 is 4.72 Å². The Morgan fingerprint density at radius 3 is 2.42 bits per heavy atom. The van der Waals surface area contributed by atoms with Gasteiger partial charge in [-0.3, -0.25) is 0 Å². The number of rotatable bonds is 3. The van der Waals surface area contributed by atoms with Gasteiger partial charge in [0.25, 0.3) is 0 Å². The molecule has 106 valence electrons. The van der Waals surface area contributed by atoms with Crippen molar-refractivity contribution in [3.05, 3.63) is 29.8 Å². The van der Waals surface area contributed by atoms with Crippen LogP contribution in [-0.4, -0.2) is 14.5 Å². The van der Waals surface area contributed by atoms with E-state index in [4.69, 9.17) is 0 Å². The molecular weight excluding hydrogens is 272 g/mol. The molecule has 0 bridgehead atoms. The lowest BCUT2D eigenvalue weighted by Crippen LogP contribution is -2.37. The number of halogens is 2. The summed E-state index contributed by atoms with van der Waals surface area (Å²) in [4.78, 5) is -0.619. The molecule has 1 fully saturated rings. The first-order chi connectivity index (χ1) is 8.88. The molecule has 2 rings (SSSR count). The maximum atomic E-state index is 13.5. The van der Waals surface area contributed by atoms with Crippen molar-refractivity contribution in [1.29, 1.82) is 0 Å². The molecule has 1 aliphatic carbocycles. The average Bonchev–Trinajstić information content (AvgIpc) is 2.35. The molecule has 1 aromatic rings. The van der Waals surface area contributed by atoms with E-state index in [9.17, 15) is 17.2 Å². The molecule has 0 heterocycles. The van der Waals surface area contributed by atoms with Crippen molar-refractivity contribution in [3.63, 3.8) is 0 Å². The number of hydrogen-bond donors (Lipinski definition) is 1. The zero-order chi connectivity index (χ0) is 14.0. The number of hydrogen-bond acceptors (Lipinski definition) is 2. The van der Waals surface area contributed by atoms with Gasteiger partial charge in [0.05, 0.1) is 0 Å². The average molecular weight is 289 g/mol. The molecule has 0 amide bonds. The molecule has 3 nitrogen and oxygen atoms in total. The molecule has 0 saturated heterocycles. The third kappa shape index (κ3) is 3.51. The van der Waals surface area contributed by atoms with Gasteiger partial charge in [-0.05, 0) is 49.8 Å². The summed E-state index contributed by atoms with van der Waals surface area (Å²) in [5.41, 5.74) is 0. The zero-order valence-electron chi connectivity index (χ0n) is 10.7. The Balaban J connectivity index is 2.16. The zero-order valence-corrected chi connectivity index (χ0v) is 11.5. The van der Waals surface area contributed by atoms with Gasteiger partial charge in [-0.2, -0.15) is 0 Å². The highest BCUT2D eigenvalue weighted by molar-refractivity contribution is 7.89. The minimum absolute atomic E-state index is 0.191. The molecule has 1 aromatic carbocycles. The van der Waals surface area contributed by atoms with Crippen molar-refractivity contribution in [2.45, 2.75) is 43.5 Å². The molecule has 0 radical (unpaired) electrons. The SMILES string of the molecule is CC1CCC(NS(=O)(=O)c2cc(F)ccc2F)CC1. The fourth-order valence-electron chi connectivity index (χ4n) is 2.34. The second-order valence-corrected chi connectivity index (χ2v) is 6.84. The summed E-state index contributed by atoms with van der Waals surface area (Å²) in [6.45, 7) is 2.12. The first-order valence-electron chi connectivity index (χ1n) is 6.36. The Hall–Kier alpha value is -1.01. The molecule has 1 N–H and O–H groups in total. The molecule has 19 heavy (non-hydrogen) atoms. The predicted molar refractivity (Wildman–Crippen MR) is 68.1 cm³/mol. The van der Waals surface area contributed by atoms with E-state index in [2.05, 4.69) is 11.6 Å². The minimum atomic E-state index is -4.00. The van der Waals surface area contributed by atoms with Gasteiger partial charge in [-0.15, -0.1) is 0 Å². The van der Waals surface area contributed by atoms with Crippen LogP contribution in [-0.2, 0) is 10.0 Å². The normalized spacial score (nSPS) is 24.4. The Morgan fingerprint density at radius 2 is 1.79 bits per heavy atom. The maximum absolute atomic E-state index is 13.5. The van der Waals surface area contributed by atoms with Gasteiger partial charge >= 0.3 is 0 Å². The second-order valence-electron chi connectivity index (χ2n) is 5.15. The van der Waals surface area contributed by atoms with Crippen molar-refractivity contribution in [3.8, 4) is 0 Å². The standard InChI is InChI=1S/C13H17F2NO2S/c1-9-2-5-11(6-3-9)16-19(17,18)13-8-10(14)4-7-12(13)15/h4,7-9,11,16H,2-3,5-6H2,1H3. The van der Waals surface area contributed by atoms with E-state index in [0.29, 0.717) is 12.0 Å². The highest BCUT2D eigenvalue weighted by Crippen LogP contribution is 2.25. The van der Waals surface area contributed by atoms with Crippen LogP contribution in [0.15, 0.2) is 23.1 Å². The van der Waals surface area contributed by atoms with Crippen LogP contribution >= 0.6 is 0 Å². The number of sulfonamides is 1. The second kappa shape index (κ2) is 5.54. The number of benzene rings is 1. The van der Waals surface area contributed by atoms with E-state index in [1.165, 1.54) is 0 Å². The minimum Gasteiger partial charge on any atom is -0.208 e. The van der Waals surface area contributed by atoms with E-state index >= 15 is 0 Å². The van der Waals surface area contributed by atoms with Crippen LogP contribution in [0.4, 0.5) is 8.78 Å². The van der Waals surface area contributed by atoms with Crippen LogP contribution in [0.5, 0.6) is 0 Å². The summed E-state index contributed by atoms with van der Waals surface area (Å²) in [5, 5.41) is 0. The summed E-state index contributed by atoms with van der Waals surface area (Å²) in [6, 6.07) is 2.25. The van der Waals surface area contributed by atoms with Crippen LogP contribution in [0.1, 0.15) is 32.6 Å². The predicted octanol–water partition coefficient (Wildman–Crippen LogP) is 2.82. The highest BCUT2D eigenvalue weighted by atomic mass is 32.2. The van der Waals surface area contributed by atoms with Gasteiger partial charge in [-0.25, -0.2) is 21.9 Å². The van der Waals surface area contributed by atoms with Gasteiger partial charge < -0.3 is 0 Å². The van der Waals surface area contributed by atoms with Crippen molar-refractivity contribution < 1.29 is 17.2 Å². The highest BCUT2D eigenvalue weighted by Gasteiger charge is 2.26. The van der Waals surface area contributed by atoms with Crippen LogP contribution in [0, 0.1) is 17.6 Å².